The van der Waals surface area contributed by atoms with Crippen LogP contribution in [0.4, 0.5) is 0 Å². The number of rotatable bonds is 8. The Balaban J connectivity index is 2.57. The van der Waals surface area contributed by atoms with Crippen LogP contribution < -0.4 is 15.4 Å². The van der Waals surface area contributed by atoms with Gasteiger partial charge in [-0.3, -0.25) is 9.78 Å². The van der Waals surface area contributed by atoms with Crippen LogP contribution in [0.5, 0.6) is 5.75 Å². The van der Waals surface area contributed by atoms with Crippen molar-refractivity contribution in [3.63, 3.8) is 0 Å². The molecule has 0 radical (unpaired) electrons. The lowest BCUT2D eigenvalue weighted by Crippen LogP contribution is -2.22. The van der Waals surface area contributed by atoms with Gasteiger partial charge in [0.25, 0.3) is 0 Å². The van der Waals surface area contributed by atoms with Gasteiger partial charge < -0.3 is 15.4 Å². The number of nitrogens with zero attached hydrogens (tertiary/aromatic N) is 1. The lowest BCUT2D eigenvalue weighted by Gasteiger charge is -2.13. The maximum Gasteiger partial charge on any atom is 0.223 e. The molecule has 1 aromatic heterocycles. The molecule has 0 unspecified atom stereocenters. The molecule has 5 nitrogen and oxygen atoms in total. The number of carbonyl (C=O) groups is 1. The first kappa shape index (κ1) is 16.4. The Morgan fingerprint density at radius 3 is 2.80 bits per heavy atom. The van der Waals surface area contributed by atoms with E-state index in [0.29, 0.717) is 25.5 Å². The van der Waals surface area contributed by atoms with Gasteiger partial charge in [-0.25, -0.2) is 0 Å². The molecule has 1 aromatic rings. The van der Waals surface area contributed by atoms with E-state index in [1.54, 1.807) is 7.05 Å². The molecule has 0 aliphatic heterocycles. The molecule has 1 rings (SSSR count). The Hall–Kier alpha value is -1.62. The molecule has 0 aliphatic rings. The number of hydrogen-bond donors (Lipinski definition) is 2. The van der Waals surface area contributed by atoms with E-state index in [1.165, 1.54) is 0 Å². The first-order valence-corrected chi connectivity index (χ1v) is 7.03. The Morgan fingerprint density at radius 1 is 1.40 bits per heavy atom. The van der Waals surface area contributed by atoms with Crippen molar-refractivity contribution in [2.75, 3.05) is 20.2 Å². The zero-order chi connectivity index (χ0) is 15.0. The molecular formula is C15H25N3O2. The van der Waals surface area contributed by atoms with Crippen molar-refractivity contribution in [3.8, 4) is 5.75 Å². The predicted molar refractivity (Wildman–Crippen MR) is 79.7 cm³/mol. The summed E-state index contributed by atoms with van der Waals surface area (Å²) in [5.74, 6) is 1.32. The van der Waals surface area contributed by atoms with E-state index in [0.717, 1.165) is 23.7 Å². The zero-order valence-electron chi connectivity index (χ0n) is 12.8. The molecule has 0 aliphatic carbocycles. The van der Waals surface area contributed by atoms with E-state index < -0.39 is 0 Å². The topological polar surface area (TPSA) is 63.2 Å². The van der Waals surface area contributed by atoms with Crippen LogP contribution in [0.1, 0.15) is 31.7 Å². The Bertz CT molecular complexity index is 433. The van der Waals surface area contributed by atoms with Gasteiger partial charge in [-0.2, -0.15) is 0 Å². The summed E-state index contributed by atoms with van der Waals surface area (Å²) in [7, 11) is 1.62. The Labute approximate surface area is 121 Å². The number of nitrogens with one attached hydrogen (secondary N) is 2. The highest BCUT2D eigenvalue weighted by Crippen LogP contribution is 2.17. The van der Waals surface area contributed by atoms with Gasteiger partial charge in [-0.05, 0) is 31.5 Å². The molecule has 0 atom stereocenters. The number of hydrogen-bond acceptors (Lipinski definition) is 4. The molecule has 5 heteroatoms. The van der Waals surface area contributed by atoms with Gasteiger partial charge in [0.05, 0.1) is 18.7 Å². The van der Waals surface area contributed by atoms with Crippen LogP contribution in [0.25, 0.3) is 0 Å². The average molecular weight is 279 g/mol. The summed E-state index contributed by atoms with van der Waals surface area (Å²) >= 11 is 0. The van der Waals surface area contributed by atoms with Gasteiger partial charge in [-0.15, -0.1) is 0 Å². The number of ether oxygens (including phenoxy) is 1. The fourth-order valence-corrected chi connectivity index (χ4v) is 1.71. The summed E-state index contributed by atoms with van der Waals surface area (Å²) in [6.45, 7) is 8.26. The highest BCUT2D eigenvalue weighted by atomic mass is 16.5. The standard InChI is InChI=1S/C15H25N3O2/c1-11(2)9-17-10-13-14(6-5-12(3)18-13)20-8-7-15(19)16-4/h5-6,11,17H,7-10H2,1-4H3,(H,16,19). The van der Waals surface area contributed by atoms with Gasteiger partial charge in [-0.1, -0.05) is 13.8 Å². The summed E-state index contributed by atoms with van der Waals surface area (Å²) in [5.41, 5.74) is 1.85. The van der Waals surface area contributed by atoms with Crippen LogP contribution in [-0.4, -0.2) is 31.1 Å². The fourth-order valence-electron chi connectivity index (χ4n) is 1.71. The molecule has 0 aromatic carbocycles. The second-order valence-electron chi connectivity index (χ2n) is 5.19. The molecule has 1 heterocycles. The third kappa shape index (κ3) is 6.02. The van der Waals surface area contributed by atoms with Crippen LogP contribution in [0.15, 0.2) is 12.1 Å². The smallest absolute Gasteiger partial charge is 0.223 e. The number of carbonyl (C=O) groups excluding carboxylic acids is 1. The maximum absolute atomic E-state index is 11.2. The molecule has 0 saturated heterocycles. The van der Waals surface area contributed by atoms with Crippen LogP contribution in [0.3, 0.4) is 0 Å². The highest BCUT2D eigenvalue weighted by Gasteiger charge is 2.07. The van der Waals surface area contributed by atoms with E-state index in [2.05, 4.69) is 29.5 Å². The van der Waals surface area contributed by atoms with Gasteiger partial charge in [0.1, 0.15) is 5.75 Å². The normalized spacial score (nSPS) is 10.7. The monoisotopic (exact) mass is 279 g/mol. The number of pyridine rings is 1. The SMILES string of the molecule is CNC(=O)CCOc1ccc(C)nc1CNCC(C)C. The Kier molecular flexibility index (Phi) is 7.01. The minimum atomic E-state index is -0.0236. The van der Waals surface area contributed by atoms with Crippen molar-refractivity contribution in [2.45, 2.75) is 33.7 Å². The van der Waals surface area contributed by atoms with Crippen LogP contribution in [0, 0.1) is 12.8 Å². The number of aryl methyl sites for hydroxylation is 1. The van der Waals surface area contributed by atoms with Crippen molar-refractivity contribution in [1.82, 2.24) is 15.6 Å². The van der Waals surface area contributed by atoms with Crippen molar-refractivity contribution in [1.29, 1.82) is 0 Å². The van der Waals surface area contributed by atoms with Gasteiger partial charge >= 0.3 is 0 Å². The first-order chi connectivity index (χ1) is 9.52. The van der Waals surface area contributed by atoms with Crippen LogP contribution >= 0.6 is 0 Å². The van der Waals surface area contributed by atoms with Crippen LogP contribution in [-0.2, 0) is 11.3 Å². The third-order valence-corrected chi connectivity index (χ3v) is 2.78. The van der Waals surface area contributed by atoms with E-state index in [4.69, 9.17) is 4.74 Å². The van der Waals surface area contributed by atoms with E-state index >= 15 is 0 Å². The summed E-state index contributed by atoms with van der Waals surface area (Å²) in [6, 6.07) is 3.83. The minimum absolute atomic E-state index is 0.0236. The van der Waals surface area contributed by atoms with E-state index in [1.807, 2.05) is 19.1 Å². The third-order valence-electron chi connectivity index (χ3n) is 2.78. The summed E-state index contributed by atoms with van der Waals surface area (Å²) in [4.78, 5) is 15.7. The second kappa shape index (κ2) is 8.53. The summed E-state index contributed by atoms with van der Waals surface area (Å²) < 4.78 is 5.66. The molecule has 0 spiro atoms. The van der Waals surface area contributed by atoms with E-state index in [-0.39, 0.29) is 5.91 Å². The van der Waals surface area contributed by atoms with Crippen molar-refractivity contribution < 1.29 is 9.53 Å². The molecule has 0 saturated carbocycles. The summed E-state index contributed by atoms with van der Waals surface area (Å²) in [6.07, 6.45) is 0.350. The molecule has 20 heavy (non-hydrogen) atoms. The van der Waals surface area contributed by atoms with Crippen molar-refractivity contribution in [3.05, 3.63) is 23.5 Å². The molecule has 2 N–H and O–H groups in total. The highest BCUT2D eigenvalue weighted by molar-refractivity contribution is 5.75. The largest absolute Gasteiger partial charge is 0.491 e. The molecule has 112 valence electrons. The lowest BCUT2D eigenvalue weighted by molar-refractivity contribution is -0.121. The van der Waals surface area contributed by atoms with Gasteiger partial charge in [0.15, 0.2) is 0 Å². The number of amides is 1. The van der Waals surface area contributed by atoms with Crippen molar-refractivity contribution >= 4 is 5.91 Å². The predicted octanol–water partition coefficient (Wildman–Crippen LogP) is 1.65. The van der Waals surface area contributed by atoms with Gasteiger partial charge in [0.2, 0.25) is 5.91 Å². The zero-order valence-corrected chi connectivity index (χ0v) is 12.8. The Morgan fingerprint density at radius 2 is 2.15 bits per heavy atom. The fraction of sp³-hybridized carbons (Fsp3) is 0.600. The van der Waals surface area contributed by atoms with Gasteiger partial charge in [0, 0.05) is 19.3 Å². The molecular weight excluding hydrogens is 254 g/mol. The second-order valence-corrected chi connectivity index (χ2v) is 5.19. The quantitative estimate of drug-likeness (QED) is 0.759. The molecule has 1 amide bonds. The minimum Gasteiger partial charge on any atom is -0.491 e. The lowest BCUT2D eigenvalue weighted by atomic mass is 10.2. The maximum atomic E-state index is 11.2. The van der Waals surface area contributed by atoms with Crippen LogP contribution in [0.2, 0.25) is 0 Å². The molecule has 0 fully saturated rings. The van der Waals surface area contributed by atoms with E-state index in [9.17, 15) is 4.79 Å². The number of aromatic nitrogens is 1. The average Bonchev–Trinajstić information content (AvgIpc) is 2.40. The molecule has 0 bridgehead atoms. The summed E-state index contributed by atoms with van der Waals surface area (Å²) in [5, 5.41) is 5.93. The van der Waals surface area contributed by atoms with Crippen molar-refractivity contribution in [2.24, 2.45) is 5.92 Å². The first-order valence-electron chi connectivity index (χ1n) is 7.03.